The Morgan fingerprint density at radius 2 is 0.956 bits per heavy atom. The molecule has 1 aliphatic rings. The van der Waals surface area contributed by atoms with E-state index in [0.717, 1.165) is 53.7 Å². The molecule has 504 valence electrons. The van der Waals surface area contributed by atoms with Crippen LogP contribution >= 0.6 is 0 Å². The van der Waals surface area contributed by atoms with E-state index in [1.807, 2.05) is 12.1 Å². The van der Waals surface area contributed by atoms with Crippen LogP contribution in [0.5, 0.6) is 5.75 Å². The SMILES string of the molecule is COc1ccc(C2OC[C@H](C)[C@@H]([C@@H](C)[C@H](CC[C@H](C)C[C@@H](C)[C@@H](O[Si](C)(C)C(C)(C)C)[C@@H](C)C=C[C@H](C[C@H](O[Si](C)(C)C(C)(C)C)[C@@H](C)C=CCOC(c3ccccc3)(c3ccccc3)c3ccccc3)O[Si](C)(C)C(C)(C)C)O[Si](C)(C)C(C)(C)C)O2)cc1. The molecule has 1 aliphatic heterocycles. The number of methoxy groups -OCH3 is 1. The predicted molar refractivity (Wildman–Crippen MR) is 392 cm³/mol. The first kappa shape index (κ1) is 77.5. The van der Waals surface area contributed by atoms with Gasteiger partial charge in [0.1, 0.15) is 11.4 Å². The van der Waals surface area contributed by atoms with Crippen LogP contribution in [-0.4, -0.2) is 84.1 Å². The Bertz CT molecular complexity index is 2690. The van der Waals surface area contributed by atoms with E-state index < -0.39 is 45.2 Å². The van der Waals surface area contributed by atoms with Crippen LogP contribution in [0.15, 0.2) is 140 Å². The molecule has 0 radical (unpaired) electrons. The van der Waals surface area contributed by atoms with Gasteiger partial charge in [-0.3, -0.25) is 0 Å². The smallest absolute Gasteiger partial charge is 0.192 e. The van der Waals surface area contributed by atoms with Crippen molar-refractivity contribution in [1.29, 1.82) is 0 Å². The molecule has 0 spiro atoms. The molecule has 4 aromatic rings. The third-order valence-corrected chi connectivity index (χ3v) is 39.7. The molecule has 0 aliphatic carbocycles. The Kier molecular flexibility index (Phi) is 27.5. The van der Waals surface area contributed by atoms with Crippen molar-refractivity contribution in [3.8, 4) is 5.75 Å². The highest BCUT2D eigenvalue weighted by Crippen LogP contribution is 2.46. The summed E-state index contributed by atoms with van der Waals surface area (Å²) in [6.07, 6.45) is 12.6. The van der Waals surface area contributed by atoms with Gasteiger partial charge >= 0.3 is 0 Å². The van der Waals surface area contributed by atoms with Gasteiger partial charge in [-0.2, -0.15) is 0 Å². The van der Waals surface area contributed by atoms with E-state index in [4.69, 9.17) is 36.7 Å². The van der Waals surface area contributed by atoms with Crippen molar-refractivity contribution < 1.29 is 36.7 Å². The molecule has 0 aromatic heterocycles. The molecule has 90 heavy (non-hydrogen) atoms. The number of hydrogen-bond acceptors (Lipinski definition) is 8. The van der Waals surface area contributed by atoms with E-state index in [1.165, 1.54) is 0 Å². The molecule has 8 nitrogen and oxygen atoms in total. The molecule has 12 atom stereocenters. The molecule has 0 N–H and O–H groups in total. The van der Waals surface area contributed by atoms with E-state index in [1.54, 1.807) is 7.11 Å². The van der Waals surface area contributed by atoms with Gasteiger partial charge in [0, 0.05) is 23.8 Å². The summed E-state index contributed by atoms with van der Waals surface area (Å²) in [6.45, 7) is 62.8. The zero-order chi connectivity index (χ0) is 67.5. The van der Waals surface area contributed by atoms with Gasteiger partial charge in [0.25, 0.3) is 0 Å². The molecule has 4 aromatic carbocycles. The van der Waals surface area contributed by atoms with Crippen LogP contribution in [0.4, 0.5) is 0 Å². The molecular formula is C78H128O8Si4. The zero-order valence-electron chi connectivity index (χ0n) is 61.7. The quantitative estimate of drug-likeness (QED) is 0.0280. The molecule has 1 unspecified atom stereocenters. The monoisotopic (exact) mass is 1300 g/mol. The summed E-state index contributed by atoms with van der Waals surface area (Å²) < 4.78 is 56.5. The van der Waals surface area contributed by atoms with Gasteiger partial charge in [-0.1, -0.05) is 252 Å². The highest BCUT2D eigenvalue weighted by atomic mass is 28.4. The van der Waals surface area contributed by atoms with Crippen molar-refractivity contribution in [3.63, 3.8) is 0 Å². The average molecular weight is 1310 g/mol. The van der Waals surface area contributed by atoms with E-state index >= 15 is 0 Å². The van der Waals surface area contributed by atoms with Crippen LogP contribution in [0.3, 0.4) is 0 Å². The maximum absolute atomic E-state index is 7.68. The number of hydrogen-bond donors (Lipinski definition) is 0. The lowest BCUT2D eigenvalue weighted by Gasteiger charge is -2.45. The summed E-state index contributed by atoms with van der Waals surface area (Å²) >= 11 is 0. The fourth-order valence-electron chi connectivity index (χ4n) is 11.6. The van der Waals surface area contributed by atoms with Crippen LogP contribution in [0.2, 0.25) is 72.5 Å². The van der Waals surface area contributed by atoms with Gasteiger partial charge < -0.3 is 36.7 Å². The summed E-state index contributed by atoms with van der Waals surface area (Å²) in [7, 11) is -7.27. The first-order valence-corrected chi connectivity index (χ1v) is 46.0. The van der Waals surface area contributed by atoms with Gasteiger partial charge in [0.05, 0.1) is 50.8 Å². The maximum atomic E-state index is 7.68. The van der Waals surface area contributed by atoms with E-state index in [9.17, 15) is 0 Å². The normalized spacial score (nSPS) is 20.3. The third-order valence-electron chi connectivity index (χ3n) is 21.7. The summed E-state index contributed by atoms with van der Waals surface area (Å²) in [5.41, 5.74) is 3.47. The van der Waals surface area contributed by atoms with Crippen molar-refractivity contribution in [2.24, 2.45) is 35.5 Å². The minimum absolute atomic E-state index is 0.00698. The second kappa shape index (κ2) is 32.0. The molecule has 1 fully saturated rings. The summed E-state index contributed by atoms with van der Waals surface area (Å²) in [5.74, 6) is 2.13. The van der Waals surface area contributed by atoms with Crippen LogP contribution in [0.1, 0.15) is 179 Å². The minimum Gasteiger partial charge on any atom is -0.497 e. The highest BCUT2D eigenvalue weighted by Gasteiger charge is 2.47. The fraction of sp³-hybridized carbons (Fsp3) is 0.641. The topological polar surface area (TPSA) is 73.8 Å². The molecule has 1 heterocycles. The molecule has 0 amide bonds. The highest BCUT2D eigenvalue weighted by molar-refractivity contribution is 6.75. The minimum atomic E-state index is -2.29. The molecule has 5 rings (SSSR count). The predicted octanol–water partition coefficient (Wildman–Crippen LogP) is 22.2. The summed E-state index contributed by atoms with van der Waals surface area (Å²) in [5, 5.41) is 0.131. The summed E-state index contributed by atoms with van der Waals surface area (Å²) in [4.78, 5) is 0. The standard InChI is InChI=1S/C78H128O8Si4/c1-57(45-52-69(84-88(22,23)75(10,11)12)62(6)72-61(5)56-80-73(82-72)63-47-50-67(79-19)51-48-63)54-60(4)71(86-90(26,27)77(16,17)18)59(3)46-49-68(83-87(20,21)74(7,8)9)55-70(85-89(24,25)76(13,14)15)58(2)38-37-53-81-78(64-39-31-28-32-40-64,65-41-33-29-34-42-65)66-43-35-30-36-44-66/h28-44,46-51,57-62,68-73H,45,52-56H2,1-27H3/t57-,58-,59-,60+,61-,62-,68+,69-,70-,71-,72-,73?/m0/s1. The Balaban J connectivity index is 1.46. The van der Waals surface area contributed by atoms with Crippen LogP contribution in [0.25, 0.3) is 0 Å². The molecule has 12 heteroatoms. The van der Waals surface area contributed by atoms with E-state index in [2.05, 4.69) is 304 Å². The maximum Gasteiger partial charge on any atom is 0.192 e. The van der Waals surface area contributed by atoms with Gasteiger partial charge in [-0.15, -0.1) is 0 Å². The molecular weight excluding hydrogens is 1180 g/mol. The van der Waals surface area contributed by atoms with Crippen LogP contribution in [0, 0.1) is 35.5 Å². The summed E-state index contributed by atoms with van der Waals surface area (Å²) in [6, 6.07) is 40.1. The van der Waals surface area contributed by atoms with Gasteiger partial charge in [0.15, 0.2) is 39.6 Å². The molecule has 1 saturated heterocycles. The lowest BCUT2D eigenvalue weighted by atomic mass is 9.80. The van der Waals surface area contributed by atoms with Crippen molar-refractivity contribution in [2.75, 3.05) is 20.3 Å². The van der Waals surface area contributed by atoms with E-state index in [-0.39, 0.29) is 74.3 Å². The van der Waals surface area contributed by atoms with Crippen molar-refractivity contribution in [1.82, 2.24) is 0 Å². The number of benzene rings is 4. The third kappa shape index (κ3) is 20.6. The Morgan fingerprint density at radius 3 is 1.41 bits per heavy atom. The number of rotatable bonds is 31. The lowest BCUT2D eigenvalue weighted by Crippen LogP contribution is -2.50. The molecule has 0 bridgehead atoms. The van der Waals surface area contributed by atoms with Gasteiger partial charge in [0.2, 0.25) is 0 Å². The van der Waals surface area contributed by atoms with E-state index in [0.29, 0.717) is 25.0 Å². The first-order valence-electron chi connectivity index (χ1n) is 34.3. The zero-order valence-corrected chi connectivity index (χ0v) is 65.7. The second-order valence-corrected chi connectivity index (χ2v) is 52.2. The van der Waals surface area contributed by atoms with Crippen molar-refractivity contribution in [2.45, 2.75) is 265 Å². The average Bonchev–Trinajstić information content (AvgIpc) is 0.819. The van der Waals surface area contributed by atoms with Crippen LogP contribution < -0.4 is 4.74 Å². The molecule has 0 saturated carbocycles. The first-order chi connectivity index (χ1) is 41.6. The lowest BCUT2D eigenvalue weighted by molar-refractivity contribution is -0.255. The Labute approximate surface area is 555 Å². The van der Waals surface area contributed by atoms with Gasteiger partial charge in [-0.05, 0) is 144 Å². The number of ether oxygens (including phenoxy) is 4. The van der Waals surface area contributed by atoms with Crippen molar-refractivity contribution >= 4 is 33.3 Å². The Hall–Kier alpha value is -3.25. The Morgan fingerprint density at radius 1 is 0.511 bits per heavy atom. The van der Waals surface area contributed by atoms with Gasteiger partial charge in [-0.25, -0.2) is 0 Å². The second-order valence-electron chi connectivity index (χ2n) is 33.2. The van der Waals surface area contributed by atoms with Crippen molar-refractivity contribution in [3.05, 3.63) is 162 Å². The fourth-order valence-corrected chi connectivity index (χ4v) is 17.3. The van der Waals surface area contributed by atoms with Crippen LogP contribution in [-0.2, 0) is 37.5 Å². The largest absolute Gasteiger partial charge is 0.497 e.